The third-order valence-electron chi connectivity index (χ3n) is 5.40. The van der Waals surface area contributed by atoms with Gasteiger partial charge in [-0.3, -0.25) is 9.59 Å². The predicted octanol–water partition coefficient (Wildman–Crippen LogP) is 4.07. The number of carbonyl (C=O) groups is 2. The highest BCUT2D eigenvalue weighted by Crippen LogP contribution is 2.33. The van der Waals surface area contributed by atoms with Crippen molar-refractivity contribution in [3.63, 3.8) is 0 Å². The Hall–Kier alpha value is -2.08. The molecule has 6 nitrogen and oxygen atoms in total. The minimum Gasteiger partial charge on any atom is -0.477 e. The molecule has 6 heteroatoms. The topological polar surface area (TPSA) is 59.1 Å². The van der Waals surface area contributed by atoms with Gasteiger partial charge in [-0.1, -0.05) is 26.0 Å². The molecule has 1 amide bonds. The molecule has 3 rings (SSSR count). The summed E-state index contributed by atoms with van der Waals surface area (Å²) in [6.45, 7) is 11.2. The van der Waals surface area contributed by atoms with E-state index in [1.807, 2.05) is 34.1 Å². The molecular formula is C24H38N2O4. The van der Waals surface area contributed by atoms with Crippen LogP contribution in [0.15, 0.2) is 24.3 Å². The smallest absolute Gasteiger partial charge is 0.265 e. The Morgan fingerprint density at radius 2 is 1.87 bits per heavy atom. The van der Waals surface area contributed by atoms with Crippen LogP contribution in [0.25, 0.3) is 0 Å². The lowest BCUT2D eigenvalue weighted by Gasteiger charge is -2.38. The minimum atomic E-state index is -0.521. The summed E-state index contributed by atoms with van der Waals surface area (Å²) in [5.74, 6) is 0.814. The number of anilines is 1. The molecule has 2 unspecified atom stereocenters. The summed E-state index contributed by atoms with van der Waals surface area (Å²) in [5, 5.41) is 0. The van der Waals surface area contributed by atoms with E-state index in [0.29, 0.717) is 24.9 Å². The number of fused-ring (bicyclic) bond motifs is 1. The van der Waals surface area contributed by atoms with Crippen LogP contribution in [0.3, 0.4) is 0 Å². The number of benzene rings is 1. The van der Waals surface area contributed by atoms with Crippen LogP contribution in [-0.2, 0) is 14.3 Å². The molecule has 1 aromatic rings. The first-order valence-electron chi connectivity index (χ1n) is 11.4. The molecule has 0 N–H and O–H groups in total. The Bertz CT molecular complexity index is 673. The van der Waals surface area contributed by atoms with Crippen LogP contribution in [0.1, 0.15) is 59.8 Å². The van der Waals surface area contributed by atoms with Crippen LogP contribution in [0.5, 0.6) is 5.75 Å². The Kier molecular flexibility index (Phi) is 10.1. The maximum absolute atomic E-state index is 12.7. The van der Waals surface area contributed by atoms with Gasteiger partial charge in [0.15, 0.2) is 6.10 Å². The van der Waals surface area contributed by atoms with Crippen LogP contribution >= 0.6 is 0 Å². The minimum absolute atomic E-state index is 0.0442. The Morgan fingerprint density at radius 1 is 1.17 bits per heavy atom. The summed E-state index contributed by atoms with van der Waals surface area (Å²) in [6, 6.07) is 7.60. The van der Waals surface area contributed by atoms with Crippen LogP contribution in [-0.4, -0.2) is 61.6 Å². The number of ether oxygens (including phenoxy) is 2. The van der Waals surface area contributed by atoms with E-state index >= 15 is 0 Å². The summed E-state index contributed by atoms with van der Waals surface area (Å²) in [7, 11) is 0. The van der Waals surface area contributed by atoms with E-state index in [1.54, 1.807) is 6.92 Å². The van der Waals surface area contributed by atoms with Crippen molar-refractivity contribution in [2.45, 2.75) is 72.0 Å². The Morgan fingerprint density at radius 3 is 2.50 bits per heavy atom. The molecule has 30 heavy (non-hydrogen) atoms. The number of nitrogens with zero attached hydrogens (tertiary/aromatic N) is 2. The Labute approximate surface area is 181 Å². The molecule has 0 bridgehead atoms. The first kappa shape index (κ1) is 24.2. The van der Waals surface area contributed by atoms with Crippen molar-refractivity contribution in [1.29, 1.82) is 0 Å². The number of rotatable bonds is 7. The first-order chi connectivity index (χ1) is 14.5. The third kappa shape index (κ3) is 7.31. The average molecular weight is 419 g/mol. The number of hydrogen-bond donors (Lipinski definition) is 0. The molecule has 1 aromatic carbocycles. The average Bonchev–Trinajstić information content (AvgIpc) is 2.77. The van der Waals surface area contributed by atoms with E-state index < -0.39 is 6.10 Å². The molecule has 2 heterocycles. The van der Waals surface area contributed by atoms with Crippen molar-refractivity contribution in [3.05, 3.63) is 24.3 Å². The highest BCUT2D eigenvalue weighted by Gasteiger charge is 2.34. The largest absolute Gasteiger partial charge is 0.477 e. The monoisotopic (exact) mass is 418 g/mol. The van der Waals surface area contributed by atoms with Crippen molar-refractivity contribution in [2.75, 3.05) is 37.7 Å². The summed E-state index contributed by atoms with van der Waals surface area (Å²) >= 11 is 0. The zero-order valence-electron chi connectivity index (χ0n) is 19.1. The number of carbonyl (C=O) groups excluding carboxylic acids is 2. The number of amides is 1. The predicted molar refractivity (Wildman–Crippen MR) is 120 cm³/mol. The number of para-hydroxylation sites is 2. The van der Waals surface area contributed by atoms with E-state index in [4.69, 9.17) is 9.47 Å². The van der Waals surface area contributed by atoms with Gasteiger partial charge < -0.3 is 19.3 Å². The van der Waals surface area contributed by atoms with Crippen molar-refractivity contribution in [2.24, 2.45) is 0 Å². The van der Waals surface area contributed by atoms with E-state index in [2.05, 4.69) is 20.8 Å². The second kappa shape index (κ2) is 12.6. The van der Waals surface area contributed by atoms with E-state index in [1.165, 1.54) is 6.42 Å². The maximum atomic E-state index is 12.7. The molecule has 0 aromatic heterocycles. The van der Waals surface area contributed by atoms with Gasteiger partial charge in [-0.15, -0.1) is 0 Å². The maximum Gasteiger partial charge on any atom is 0.265 e. The fraction of sp³-hybridized carbons (Fsp3) is 0.667. The SMILES string of the molecule is CC(=O)CN1CC(C(=O)N2CCCCC2)Oc2ccccc21.CCCOC(C)CC. The summed E-state index contributed by atoms with van der Waals surface area (Å²) in [5.41, 5.74) is 0.889. The molecular weight excluding hydrogens is 380 g/mol. The van der Waals surface area contributed by atoms with Crippen LogP contribution < -0.4 is 9.64 Å². The number of likely N-dealkylation sites (tertiary alicyclic amines) is 1. The van der Waals surface area contributed by atoms with Crippen LogP contribution in [0.4, 0.5) is 5.69 Å². The molecule has 0 radical (unpaired) electrons. The second-order valence-electron chi connectivity index (χ2n) is 8.13. The number of piperidine rings is 1. The summed E-state index contributed by atoms with van der Waals surface area (Å²) in [6.07, 6.45) is 5.50. The highest BCUT2D eigenvalue weighted by molar-refractivity contribution is 5.86. The van der Waals surface area contributed by atoms with Crippen LogP contribution in [0, 0.1) is 0 Å². The van der Waals surface area contributed by atoms with Crippen molar-refractivity contribution >= 4 is 17.4 Å². The molecule has 168 valence electrons. The third-order valence-corrected chi connectivity index (χ3v) is 5.40. The zero-order valence-corrected chi connectivity index (χ0v) is 19.1. The van der Waals surface area contributed by atoms with Gasteiger partial charge in [0.2, 0.25) is 0 Å². The fourth-order valence-electron chi connectivity index (χ4n) is 3.61. The Balaban J connectivity index is 0.000000343. The molecule has 0 saturated carbocycles. The molecule has 2 aliphatic rings. The van der Waals surface area contributed by atoms with Gasteiger partial charge in [-0.2, -0.15) is 0 Å². The van der Waals surface area contributed by atoms with E-state index in [9.17, 15) is 9.59 Å². The van der Waals surface area contributed by atoms with Gasteiger partial charge in [0.25, 0.3) is 5.91 Å². The van der Waals surface area contributed by atoms with Crippen molar-refractivity contribution in [3.8, 4) is 5.75 Å². The summed E-state index contributed by atoms with van der Waals surface area (Å²) < 4.78 is 11.3. The van der Waals surface area contributed by atoms with Crippen LogP contribution in [0.2, 0.25) is 0 Å². The molecule has 1 fully saturated rings. The van der Waals surface area contributed by atoms with Gasteiger partial charge in [-0.05, 0) is 58.1 Å². The van der Waals surface area contributed by atoms with E-state index in [0.717, 1.165) is 51.1 Å². The normalized spacial score (nSPS) is 19.1. The molecule has 0 aliphatic carbocycles. The first-order valence-corrected chi connectivity index (χ1v) is 11.4. The quantitative estimate of drug-likeness (QED) is 0.668. The molecule has 2 aliphatic heterocycles. The number of Topliss-reactive ketones (excluding diaryl/α,β-unsaturated/α-hetero) is 1. The lowest BCUT2D eigenvalue weighted by atomic mass is 10.1. The highest BCUT2D eigenvalue weighted by atomic mass is 16.5. The zero-order chi connectivity index (χ0) is 21.9. The fourth-order valence-corrected chi connectivity index (χ4v) is 3.61. The van der Waals surface area contributed by atoms with Crippen molar-refractivity contribution < 1.29 is 19.1 Å². The number of ketones is 1. The van der Waals surface area contributed by atoms with Gasteiger partial charge in [0, 0.05) is 19.7 Å². The second-order valence-corrected chi connectivity index (χ2v) is 8.13. The van der Waals surface area contributed by atoms with E-state index in [-0.39, 0.29) is 11.7 Å². The standard InChI is InChI=1S/C17H22N2O3.C7H16O/c1-13(20)11-19-12-16(17(21)18-9-5-2-6-10-18)22-15-8-4-3-7-14(15)19;1-4-6-8-7(3)5-2/h3-4,7-8,16H,2,5-6,9-12H2,1H3;7H,4-6H2,1-3H3. The lowest BCUT2D eigenvalue weighted by molar-refractivity contribution is -0.139. The van der Waals surface area contributed by atoms with Crippen molar-refractivity contribution in [1.82, 2.24) is 4.90 Å². The summed E-state index contributed by atoms with van der Waals surface area (Å²) in [4.78, 5) is 28.1. The molecule has 2 atom stereocenters. The van der Waals surface area contributed by atoms with Gasteiger partial charge in [-0.25, -0.2) is 0 Å². The van der Waals surface area contributed by atoms with Gasteiger partial charge in [0.1, 0.15) is 11.5 Å². The molecule has 0 spiro atoms. The van der Waals surface area contributed by atoms with Gasteiger partial charge in [0.05, 0.1) is 24.9 Å². The van der Waals surface area contributed by atoms with Gasteiger partial charge >= 0.3 is 0 Å². The molecule has 1 saturated heterocycles. The number of hydrogen-bond acceptors (Lipinski definition) is 5. The lowest BCUT2D eigenvalue weighted by Crippen LogP contribution is -2.52.